The molecule has 5 nitrogen and oxygen atoms in total. The number of hydrogen-bond acceptors (Lipinski definition) is 3. The molecule has 1 heterocycles. The monoisotopic (exact) mass is 447 g/mol. The minimum Gasteiger partial charge on any atom is -0.497 e. The first-order chi connectivity index (χ1) is 10.9. The Kier molecular flexibility index (Phi) is 8.29. The Balaban J connectivity index is 0.00000288. The van der Waals surface area contributed by atoms with E-state index < -0.39 is 6.10 Å². The van der Waals surface area contributed by atoms with Crippen LogP contribution in [0.2, 0.25) is 0 Å². The molecule has 1 aliphatic rings. The predicted octanol–water partition coefficient (Wildman–Crippen LogP) is 3.04. The predicted molar refractivity (Wildman–Crippen MR) is 109 cm³/mol. The van der Waals surface area contributed by atoms with E-state index in [0.29, 0.717) is 12.0 Å². The van der Waals surface area contributed by atoms with Gasteiger partial charge >= 0.3 is 0 Å². The standard InChI is InChI=1S/C18H29N3O2.HI/c1-5-19-17(21-11-10-18(2,3)13-21)20-12-16(22)14-6-8-15(23-4)9-7-14;/h6-9,16,22H,5,10-13H2,1-4H3,(H,19,20);1H. The van der Waals surface area contributed by atoms with Gasteiger partial charge in [-0.25, -0.2) is 0 Å². The van der Waals surface area contributed by atoms with Crippen LogP contribution in [0.15, 0.2) is 29.3 Å². The quantitative estimate of drug-likeness (QED) is 0.414. The molecule has 1 atom stereocenters. The van der Waals surface area contributed by atoms with E-state index in [1.807, 2.05) is 24.3 Å². The second-order valence-corrected chi connectivity index (χ2v) is 6.82. The van der Waals surface area contributed by atoms with Gasteiger partial charge in [-0.1, -0.05) is 26.0 Å². The highest BCUT2D eigenvalue weighted by atomic mass is 127. The molecule has 1 aliphatic heterocycles. The molecule has 0 spiro atoms. The van der Waals surface area contributed by atoms with E-state index in [-0.39, 0.29) is 24.0 Å². The normalized spacial score (nSPS) is 18.0. The topological polar surface area (TPSA) is 57.1 Å². The number of aliphatic hydroxyl groups excluding tert-OH is 1. The summed E-state index contributed by atoms with van der Waals surface area (Å²) in [6.45, 7) is 9.82. The molecule has 1 unspecified atom stereocenters. The first kappa shape index (κ1) is 21.0. The van der Waals surface area contributed by atoms with E-state index in [2.05, 4.69) is 36.0 Å². The lowest BCUT2D eigenvalue weighted by molar-refractivity contribution is 0.186. The molecule has 1 fully saturated rings. The van der Waals surface area contributed by atoms with Gasteiger partial charge in [-0.15, -0.1) is 24.0 Å². The van der Waals surface area contributed by atoms with Gasteiger partial charge in [0.25, 0.3) is 0 Å². The van der Waals surface area contributed by atoms with Crippen LogP contribution < -0.4 is 10.1 Å². The number of hydrogen-bond donors (Lipinski definition) is 2. The number of aliphatic hydroxyl groups is 1. The van der Waals surface area contributed by atoms with Crippen molar-refractivity contribution in [2.75, 3.05) is 33.3 Å². The molecule has 0 amide bonds. The van der Waals surface area contributed by atoms with Crippen molar-refractivity contribution in [1.29, 1.82) is 0 Å². The molecule has 0 radical (unpaired) electrons. The second-order valence-electron chi connectivity index (χ2n) is 6.82. The van der Waals surface area contributed by atoms with Gasteiger partial charge in [0.05, 0.1) is 19.8 Å². The molecular formula is C18H30IN3O2. The number of ether oxygens (including phenoxy) is 1. The lowest BCUT2D eigenvalue weighted by atomic mass is 9.93. The van der Waals surface area contributed by atoms with Crippen LogP contribution in [-0.2, 0) is 0 Å². The number of methoxy groups -OCH3 is 1. The van der Waals surface area contributed by atoms with Crippen molar-refractivity contribution in [2.24, 2.45) is 10.4 Å². The molecule has 0 aliphatic carbocycles. The van der Waals surface area contributed by atoms with Gasteiger partial charge in [0.1, 0.15) is 5.75 Å². The van der Waals surface area contributed by atoms with E-state index >= 15 is 0 Å². The zero-order chi connectivity index (χ0) is 16.9. The summed E-state index contributed by atoms with van der Waals surface area (Å²) in [5, 5.41) is 13.7. The molecular weight excluding hydrogens is 417 g/mol. The molecule has 1 aromatic carbocycles. The molecule has 2 N–H and O–H groups in total. The summed E-state index contributed by atoms with van der Waals surface area (Å²) in [5.74, 6) is 1.68. The van der Waals surface area contributed by atoms with Crippen molar-refractivity contribution in [3.63, 3.8) is 0 Å². The number of halogens is 1. The first-order valence-corrected chi connectivity index (χ1v) is 8.30. The van der Waals surface area contributed by atoms with Gasteiger partial charge in [0, 0.05) is 19.6 Å². The highest BCUT2D eigenvalue weighted by molar-refractivity contribution is 14.0. The Hall–Kier alpha value is -1.02. The number of nitrogens with one attached hydrogen (secondary N) is 1. The highest BCUT2D eigenvalue weighted by Crippen LogP contribution is 2.28. The van der Waals surface area contributed by atoms with Crippen LogP contribution in [0.5, 0.6) is 5.75 Å². The van der Waals surface area contributed by atoms with E-state index in [1.54, 1.807) is 7.11 Å². The third-order valence-electron chi connectivity index (χ3n) is 4.23. The zero-order valence-electron chi connectivity index (χ0n) is 15.1. The average molecular weight is 447 g/mol. The van der Waals surface area contributed by atoms with E-state index in [1.165, 1.54) is 6.42 Å². The fraction of sp³-hybridized carbons (Fsp3) is 0.611. The molecule has 2 rings (SSSR count). The molecule has 6 heteroatoms. The molecule has 1 saturated heterocycles. The van der Waals surface area contributed by atoms with Crippen molar-refractivity contribution >= 4 is 29.9 Å². The van der Waals surface area contributed by atoms with Crippen molar-refractivity contribution in [3.8, 4) is 5.75 Å². The van der Waals surface area contributed by atoms with Crippen LogP contribution in [0.3, 0.4) is 0 Å². The molecule has 0 saturated carbocycles. The van der Waals surface area contributed by atoms with Crippen molar-refractivity contribution in [1.82, 2.24) is 10.2 Å². The van der Waals surface area contributed by atoms with Gasteiger partial charge in [-0.05, 0) is 36.5 Å². The average Bonchev–Trinajstić information content (AvgIpc) is 2.91. The van der Waals surface area contributed by atoms with Crippen LogP contribution in [0.4, 0.5) is 0 Å². The SMILES string of the molecule is CCNC(=NCC(O)c1ccc(OC)cc1)N1CCC(C)(C)C1.I. The van der Waals surface area contributed by atoms with Gasteiger partial charge in [-0.2, -0.15) is 0 Å². The summed E-state index contributed by atoms with van der Waals surface area (Å²) < 4.78 is 5.14. The third-order valence-corrected chi connectivity index (χ3v) is 4.23. The summed E-state index contributed by atoms with van der Waals surface area (Å²) in [5.41, 5.74) is 1.18. The van der Waals surface area contributed by atoms with E-state index in [9.17, 15) is 5.11 Å². The maximum absolute atomic E-state index is 10.4. The van der Waals surface area contributed by atoms with Crippen LogP contribution in [-0.4, -0.2) is 49.3 Å². The van der Waals surface area contributed by atoms with Crippen molar-refractivity contribution in [2.45, 2.75) is 33.3 Å². The summed E-state index contributed by atoms with van der Waals surface area (Å²) in [6.07, 6.45) is 0.559. The molecule has 1 aromatic rings. The number of guanidine groups is 1. The number of aliphatic imine (C=N–C) groups is 1. The maximum Gasteiger partial charge on any atom is 0.194 e. The third kappa shape index (κ3) is 5.81. The first-order valence-electron chi connectivity index (χ1n) is 8.30. The van der Waals surface area contributed by atoms with Crippen LogP contribution >= 0.6 is 24.0 Å². The smallest absolute Gasteiger partial charge is 0.194 e. The summed E-state index contributed by atoms with van der Waals surface area (Å²) >= 11 is 0. The Morgan fingerprint density at radius 2 is 2.04 bits per heavy atom. The Morgan fingerprint density at radius 3 is 2.54 bits per heavy atom. The van der Waals surface area contributed by atoms with Crippen molar-refractivity contribution < 1.29 is 9.84 Å². The maximum atomic E-state index is 10.4. The van der Waals surface area contributed by atoms with Gasteiger partial charge in [0.15, 0.2) is 5.96 Å². The lowest BCUT2D eigenvalue weighted by Gasteiger charge is -2.24. The van der Waals surface area contributed by atoms with E-state index in [4.69, 9.17) is 4.74 Å². The summed E-state index contributed by atoms with van der Waals surface area (Å²) in [7, 11) is 1.63. The van der Waals surface area contributed by atoms with E-state index in [0.717, 1.165) is 36.9 Å². The largest absolute Gasteiger partial charge is 0.497 e. The number of benzene rings is 1. The Labute approximate surface area is 162 Å². The second kappa shape index (κ2) is 9.46. The summed E-state index contributed by atoms with van der Waals surface area (Å²) in [6, 6.07) is 7.47. The van der Waals surface area contributed by atoms with Gasteiger partial charge in [0.2, 0.25) is 0 Å². The van der Waals surface area contributed by atoms with Crippen LogP contribution in [0.25, 0.3) is 0 Å². The fourth-order valence-corrected chi connectivity index (χ4v) is 2.82. The van der Waals surface area contributed by atoms with Crippen LogP contribution in [0, 0.1) is 5.41 Å². The minimum absolute atomic E-state index is 0. The van der Waals surface area contributed by atoms with Crippen LogP contribution in [0.1, 0.15) is 38.9 Å². The number of nitrogens with zero attached hydrogens (tertiary/aromatic N) is 2. The molecule has 136 valence electrons. The number of likely N-dealkylation sites (tertiary alicyclic amines) is 1. The summed E-state index contributed by atoms with van der Waals surface area (Å²) in [4.78, 5) is 6.91. The Bertz CT molecular complexity index is 532. The lowest BCUT2D eigenvalue weighted by Crippen LogP contribution is -2.41. The minimum atomic E-state index is -0.606. The molecule has 0 bridgehead atoms. The highest BCUT2D eigenvalue weighted by Gasteiger charge is 2.30. The Morgan fingerprint density at radius 1 is 1.38 bits per heavy atom. The van der Waals surface area contributed by atoms with Crippen molar-refractivity contribution in [3.05, 3.63) is 29.8 Å². The fourth-order valence-electron chi connectivity index (χ4n) is 2.82. The van der Waals surface area contributed by atoms with Gasteiger partial charge in [-0.3, -0.25) is 4.99 Å². The molecule has 24 heavy (non-hydrogen) atoms. The zero-order valence-corrected chi connectivity index (χ0v) is 17.4. The van der Waals surface area contributed by atoms with Gasteiger partial charge < -0.3 is 20.1 Å². The number of rotatable bonds is 5. The molecule has 0 aromatic heterocycles.